The molecule has 0 aliphatic carbocycles. The van der Waals surface area contributed by atoms with Gasteiger partial charge in [-0.15, -0.1) is 0 Å². The lowest BCUT2D eigenvalue weighted by molar-refractivity contribution is -0.145. The van der Waals surface area contributed by atoms with Crippen molar-refractivity contribution in [2.75, 3.05) is 13.2 Å². The molecule has 1 unspecified atom stereocenters. The van der Waals surface area contributed by atoms with Crippen LogP contribution in [0.2, 0.25) is 0 Å². The highest BCUT2D eigenvalue weighted by Gasteiger charge is 2.10. The number of aryl methyl sites for hydroxylation is 2. The fourth-order valence-electron chi connectivity index (χ4n) is 2.09. The van der Waals surface area contributed by atoms with Crippen LogP contribution >= 0.6 is 0 Å². The van der Waals surface area contributed by atoms with Crippen LogP contribution in [0.15, 0.2) is 12.1 Å². The molecule has 1 aromatic carbocycles. The molecule has 0 bridgehead atoms. The summed E-state index contributed by atoms with van der Waals surface area (Å²) in [5.74, 6) is 0.405. The molecule has 1 rings (SSSR count). The van der Waals surface area contributed by atoms with Gasteiger partial charge < -0.3 is 15.2 Å². The highest BCUT2D eigenvalue weighted by Crippen LogP contribution is 2.25. The Labute approximate surface area is 114 Å². The number of hydrogen-bond donors (Lipinski definition) is 1. The SMILES string of the molecule is CCOC(=O)COc1c(C)cc(CC(C)N)cc1C. The Morgan fingerprint density at radius 1 is 1.32 bits per heavy atom. The smallest absolute Gasteiger partial charge is 0.344 e. The summed E-state index contributed by atoms with van der Waals surface area (Å²) in [6.45, 7) is 8.01. The molecule has 2 N–H and O–H groups in total. The van der Waals surface area contributed by atoms with Crippen molar-refractivity contribution in [3.8, 4) is 5.75 Å². The van der Waals surface area contributed by atoms with Crippen molar-refractivity contribution in [2.24, 2.45) is 5.73 Å². The summed E-state index contributed by atoms with van der Waals surface area (Å²) in [5.41, 5.74) is 9.02. The van der Waals surface area contributed by atoms with E-state index in [1.165, 1.54) is 5.56 Å². The average Bonchev–Trinajstić information content (AvgIpc) is 2.27. The number of carbonyl (C=O) groups excluding carboxylic acids is 1. The number of carbonyl (C=O) groups is 1. The highest BCUT2D eigenvalue weighted by atomic mass is 16.6. The maximum atomic E-state index is 11.3. The standard InChI is InChI=1S/C15H23NO3/c1-5-18-14(17)9-19-15-10(2)6-13(7-11(15)3)8-12(4)16/h6-7,12H,5,8-9,16H2,1-4H3. The van der Waals surface area contributed by atoms with E-state index in [-0.39, 0.29) is 18.6 Å². The van der Waals surface area contributed by atoms with Gasteiger partial charge in [0.1, 0.15) is 5.75 Å². The van der Waals surface area contributed by atoms with E-state index < -0.39 is 0 Å². The van der Waals surface area contributed by atoms with Crippen LogP contribution in [0.25, 0.3) is 0 Å². The molecule has 0 aliphatic rings. The van der Waals surface area contributed by atoms with Crippen molar-refractivity contribution in [3.05, 3.63) is 28.8 Å². The third-order valence-electron chi connectivity index (χ3n) is 2.72. The zero-order valence-electron chi connectivity index (χ0n) is 12.2. The zero-order chi connectivity index (χ0) is 14.4. The Kier molecular flexibility index (Phi) is 5.83. The van der Waals surface area contributed by atoms with E-state index in [2.05, 4.69) is 12.1 Å². The number of ether oxygens (including phenoxy) is 2. The molecule has 4 nitrogen and oxygen atoms in total. The van der Waals surface area contributed by atoms with Crippen LogP contribution in [0.3, 0.4) is 0 Å². The van der Waals surface area contributed by atoms with E-state index in [9.17, 15) is 4.79 Å². The molecule has 0 aliphatic heterocycles. The first-order valence-electron chi connectivity index (χ1n) is 6.58. The summed E-state index contributed by atoms with van der Waals surface area (Å²) in [5, 5.41) is 0. The summed E-state index contributed by atoms with van der Waals surface area (Å²) in [7, 11) is 0. The summed E-state index contributed by atoms with van der Waals surface area (Å²) in [6.07, 6.45) is 0.833. The quantitative estimate of drug-likeness (QED) is 0.800. The van der Waals surface area contributed by atoms with Gasteiger partial charge in [0, 0.05) is 6.04 Å². The fourth-order valence-corrected chi connectivity index (χ4v) is 2.09. The van der Waals surface area contributed by atoms with E-state index >= 15 is 0 Å². The molecular weight excluding hydrogens is 242 g/mol. The predicted octanol–water partition coefficient (Wildman–Crippen LogP) is 2.14. The summed E-state index contributed by atoms with van der Waals surface area (Å²) >= 11 is 0. The molecule has 0 saturated carbocycles. The number of hydrogen-bond acceptors (Lipinski definition) is 4. The molecule has 0 amide bonds. The van der Waals surface area contributed by atoms with E-state index in [1.54, 1.807) is 6.92 Å². The van der Waals surface area contributed by atoms with E-state index in [1.807, 2.05) is 20.8 Å². The molecule has 0 fully saturated rings. The molecule has 1 aromatic rings. The monoisotopic (exact) mass is 265 g/mol. The first-order chi connectivity index (χ1) is 8.93. The van der Waals surface area contributed by atoms with Gasteiger partial charge in [0.25, 0.3) is 0 Å². The summed E-state index contributed by atoms with van der Waals surface area (Å²) in [4.78, 5) is 11.3. The molecule has 19 heavy (non-hydrogen) atoms. The van der Waals surface area contributed by atoms with Gasteiger partial charge in [-0.2, -0.15) is 0 Å². The van der Waals surface area contributed by atoms with Crippen LogP contribution in [-0.2, 0) is 16.0 Å². The minimum atomic E-state index is -0.346. The van der Waals surface area contributed by atoms with Gasteiger partial charge in [-0.05, 0) is 50.8 Å². The van der Waals surface area contributed by atoms with Crippen molar-refractivity contribution < 1.29 is 14.3 Å². The van der Waals surface area contributed by atoms with Gasteiger partial charge in [0.15, 0.2) is 6.61 Å². The van der Waals surface area contributed by atoms with E-state index in [0.717, 1.165) is 23.3 Å². The van der Waals surface area contributed by atoms with Gasteiger partial charge in [-0.1, -0.05) is 12.1 Å². The largest absolute Gasteiger partial charge is 0.481 e. The van der Waals surface area contributed by atoms with Crippen molar-refractivity contribution in [2.45, 2.75) is 40.2 Å². The fraction of sp³-hybridized carbons (Fsp3) is 0.533. The molecule has 0 spiro atoms. The molecule has 0 radical (unpaired) electrons. The van der Waals surface area contributed by atoms with Crippen LogP contribution in [0.4, 0.5) is 0 Å². The lowest BCUT2D eigenvalue weighted by atomic mass is 10.0. The maximum Gasteiger partial charge on any atom is 0.344 e. The second-order valence-corrected chi connectivity index (χ2v) is 4.83. The van der Waals surface area contributed by atoms with Crippen LogP contribution in [0.5, 0.6) is 5.75 Å². The summed E-state index contributed by atoms with van der Waals surface area (Å²) in [6, 6.07) is 4.23. The topological polar surface area (TPSA) is 61.5 Å². The lowest BCUT2D eigenvalue weighted by Crippen LogP contribution is -2.18. The Hall–Kier alpha value is -1.55. The lowest BCUT2D eigenvalue weighted by Gasteiger charge is -2.14. The van der Waals surface area contributed by atoms with Crippen LogP contribution in [0.1, 0.15) is 30.5 Å². The third-order valence-corrected chi connectivity index (χ3v) is 2.72. The minimum absolute atomic E-state index is 0.0534. The zero-order valence-corrected chi connectivity index (χ0v) is 12.2. The second kappa shape index (κ2) is 7.14. The molecular formula is C15H23NO3. The van der Waals surface area contributed by atoms with E-state index in [4.69, 9.17) is 15.2 Å². The Morgan fingerprint density at radius 2 is 1.89 bits per heavy atom. The number of esters is 1. The van der Waals surface area contributed by atoms with Gasteiger partial charge in [-0.25, -0.2) is 4.79 Å². The Balaban J connectivity index is 2.76. The molecule has 1 atom stereocenters. The predicted molar refractivity (Wildman–Crippen MR) is 75.4 cm³/mol. The van der Waals surface area contributed by atoms with Crippen molar-refractivity contribution >= 4 is 5.97 Å². The Bertz CT molecular complexity index is 418. The number of rotatable bonds is 6. The normalized spacial score (nSPS) is 12.1. The van der Waals surface area contributed by atoms with Crippen LogP contribution in [0, 0.1) is 13.8 Å². The Morgan fingerprint density at radius 3 is 2.37 bits per heavy atom. The van der Waals surface area contributed by atoms with Crippen molar-refractivity contribution in [3.63, 3.8) is 0 Å². The van der Waals surface area contributed by atoms with Crippen LogP contribution < -0.4 is 10.5 Å². The third kappa shape index (κ3) is 4.91. The second-order valence-electron chi connectivity index (χ2n) is 4.83. The number of nitrogens with two attached hydrogens (primary N) is 1. The number of benzene rings is 1. The van der Waals surface area contributed by atoms with Gasteiger partial charge >= 0.3 is 5.97 Å². The first-order valence-corrected chi connectivity index (χ1v) is 6.58. The average molecular weight is 265 g/mol. The first kappa shape index (κ1) is 15.5. The van der Waals surface area contributed by atoms with Crippen LogP contribution in [-0.4, -0.2) is 25.2 Å². The molecule has 0 heterocycles. The molecule has 0 saturated heterocycles. The maximum absolute atomic E-state index is 11.3. The van der Waals surface area contributed by atoms with Gasteiger partial charge in [0.2, 0.25) is 0 Å². The molecule has 4 heteroatoms. The minimum Gasteiger partial charge on any atom is -0.481 e. The molecule has 0 aromatic heterocycles. The van der Waals surface area contributed by atoms with Gasteiger partial charge in [0.05, 0.1) is 6.61 Å². The van der Waals surface area contributed by atoms with Crippen molar-refractivity contribution in [1.29, 1.82) is 0 Å². The summed E-state index contributed by atoms with van der Waals surface area (Å²) < 4.78 is 10.4. The van der Waals surface area contributed by atoms with Gasteiger partial charge in [-0.3, -0.25) is 0 Å². The van der Waals surface area contributed by atoms with Crippen molar-refractivity contribution in [1.82, 2.24) is 0 Å². The van der Waals surface area contributed by atoms with E-state index in [0.29, 0.717) is 6.61 Å². The highest BCUT2D eigenvalue weighted by molar-refractivity contribution is 5.71. The molecule has 106 valence electrons.